The highest BCUT2D eigenvalue weighted by atomic mass is 16.5. The van der Waals surface area contributed by atoms with Gasteiger partial charge in [0.1, 0.15) is 11.5 Å². The first kappa shape index (κ1) is 20.4. The Morgan fingerprint density at radius 1 is 1.26 bits per heavy atom. The number of aliphatic imine (C=N–C) groups is 1. The number of nitrogens with one attached hydrogen (secondary N) is 2. The van der Waals surface area contributed by atoms with Crippen LogP contribution < -0.4 is 21.1 Å². The molecule has 0 bridgehead atoms. The summed E-state index contributed by atoms with van der Waals surface area (Å²) in [6.07, 6.45) is 1.10. The van der Waals surface area contributed by atoms with E-state index in [-0.39, 0.29) is 11.9 Å². The maximum atomic E-state index is 11.1. The highest BCUT2D eigenvalue weighted by molar-refractivity contribution is 5.89. The molecular weight excluding hydrogens is 344 g/mol. The van der Waals surface area contributed by atoms with Crippen LogP contribution in [-0.2, 0) is 13.1 Å². The Morgan fingerprint density at radius 3 is 2.63 bits per heavy atom. The molecule has 27 heavy (non-hydrogen) atoms. The average Bonchev–Trinajstić information content (AvgIpc) is 3.12. The van der Waals surface area contributed by atoms with Crippen molar-refractivity contribution in [1.82, 2.24) is 10.6 Å². The Bertz CT molecular complexity index is 798. The summed E-state index contributed by atoms with van der Waals surface area (Å²) in [6.45, 7) is 7.16. The zero-order chi connectivity index (χ0) is 19.8. The molecule has 0 spiro atoms. The molecule has 0 radical (unpaired) electrons. The number of rotatable bonds is 8. The summed E-state index contributed by atoms with van der Waals surface area (Å²) < 4.78 is 11.4. The number of carbonyl (C=O) groups excluding carboxylic acids is 1. The first-order chi connectivity index (χ1) is 12.9. The predicted octanol–water partition coefficient (Wildman–Crippen LogP) is 2.73. The van der Waals surface area contributed by atoms with Crippen LogP contribution >= 0.6 is 0 Å². The Labute approximate surface area is 160 Å². The maximum Gasteiger partial charge on any atom is 0.284 e. The molecule has 4 N–H and O–H groups in total. The van der Waals surface area contributed by atoms with Gasteiger partial charge in [-0.05, 0) is 44.0 Å². The van der Waals surface area contributed by atoms with Crippen LogP contribution in [-0.4, -0.2) is 25.0 Å². The minimum absolute atomic E-state index is 0.140. The van der Waals surface area contributed by atoms with Crippen molar-refractivity contribution in [2.24, 2.45) is 10.7 Å². The smallest absolute Gasteiger partial charge is 0.284 e. The van der Waals surface area contributed by atoms with Gasteiger partial charge in [0.15, 0.2) is 11.7 Å². The predicted molar refractivity (Wildman–Crippen MR) is 106 cm³/mol. The van der Waals surface area contributed by atoms with Crippen LogP contribution in [0.5, 0.6) is 5.75 Å². The van der Waals surface area contributed by atoms with E-state index in [9.17, 15) is 4.79 Å². The molecular formula is C20H28N4O3. The normalized spacial score (nSPS) is 12.5. The van der Waals surface area contributed by atoms with Crippen LogP contribution in [0.15, 0.2) is 39.7 Å². The maximum absolute atomic E-state index is 11.1. The Balaban J connectivity index is 1.96. The molecule has 2 rings (SSSR count). The van der Waals surface area contributed by atoms with Crippen molar-refractivity contribution >= 4 is 11.9 Å². The largest absolute Gasteiger partial charge is 0.490 e. The van der Waals surface area contributed by atoms with E-state index >= 15 is 0 Å². The summed E-state index contributed by atoms with van der Waals surface area (Å²) in [6, 6.07) is 9.43. The van der Waals surface area contributed by atoms with E-state index in [4.69, 9.17) is 14.9 Å². The van der Waals surface area contributed by atoms with E-state index in [1.165, 1.54) is 0 Å². The molecule has 1 atom stereocenters. The molecule has 0 saturated heterocycles. The van der Waals surface area contributed by atoms with Crippen molar-refractivity contribution in [3.05, 3.63) is 53.0 Å². The molecule has 146 valence electrons. The second-order valence-electron chi connectivity index (χ2n) is 6.36. The van der Waals surface area contributed by atoms with Gasteiger partial charge in [-0.15, -0.1) is 0 Å². The van der Waals surface area contributed by atoms with Gasteiger partial charge in [0.2, 0.25) is 0 Å². The molecule has 1 unspecified atom stereocenters. The van der Waals surface area contributed by atoms with E-state index in [1.54, 1.807) is 19.2 Å². The molecule has 0 aliphatic heterocycles. The lowest BCUT2D eigenvalue weighted by atomic mass is 10.1. The molecule has 1 aromatic carbocycles. The summed E-state index contributed by atoms with van der Waals surface area (Å²) in [5.74, 6) is 1.65. The van der Waals surface area contributed by atoms with Gasteiger partial charge >= 0.3 is 0 Å². The summed E-state index contributed by atoms with van der Waals surface area (Å²) >= 11 is 0. The molecule has 0 aliphatic rings. The van der Waals surface area contributed by atoms with Crippen LogP contribution in [0, 0.1) is 6.92 Å². The van der Waals surface area contributed by atoms with Gasteiger partial charge in [-0.1, -0.05) is 19.1 Å². The van der Waals surface area contributed by atoms with Gasteiger partial charge in [0.05, 0.1) is 12.6 Å². The third-order valence-electron chi connectivity index (χ3n) is 4.13. The number of benzene rings is 1. The molecule has 7 heteroatoms. The number of primary amides is 1. The third kappa shape index (κ3) is 6.06. The minimum atomic E-state index is -0.586. The number of aryl methyl sites for hydroxylation is 1. The van der Waals surface area contributed by atoms with Crippen molar-refractivity contribution in [2.75, 3.05) is 7.05 Å². The van der Waals surface area contributed by atoms with Gasteiger partial charge in [0, 0.05) is 19.2 Å². The van der Waals surface area contributed by atoms with E-state index in [0.29, 0.717) is 24.8 Å². The SMILES string of the molecule is CCC(C)Oc1cc(C)ccc1CNC(=NC)NCc1ccc(C(N)=O)o1. The summed E-state index contributed by atoms with van der Waals surface area (Å²) in [5.41, 5.74) is 7.40. The number of amides is 1. The molecule has 1 aromatic heterocycles. The fourth-order valence-corrected chi connectivity index (χ4v) is 2.39. The van der Waals surface area contributed by atoms with Crippen LogP contribution in [0.25, 0.3) is 0 Å². The minimum Gasteiger partial charge on any atom is -0.490 e. The summed E-state index contributed by atoms with van der Waals surface area (Å²) in [5, 5.41) is 6.41. The molecule has 1 amide bonds. The number of nitrogens with zero attached hydrogens (tertiary/aromatic N) is 1. The van der Waals surface area contributed by atoms with E-state index in [2.05, 4.69) is 41.6 Å². The van der Waals surface area contributed by atoms with Gasteiger partial charge in [-0.25, -0.2) is 0 Å². The number of ether oxygens (including phenoxy) is 1. The number of nitrogens with two attached hydrogens (primary N) is 1. The fraction of sp³-hybridized carbons (Fsp3) is 0.400. The highest BCUT2D eigenvalue weighted by Gasteiger charge is 2.10. The number of hydrogen-bond acceptors (Lipinski definition) is 4. The van der Waals surface area contributed by atoms with Crippen LogP contribution in [0.3, 0.4) is 0 Å². The molecule has 0 fully saturated rings. The number of furan rings is 1. The lowest BCUT2D eigenvalue weighted by Gasteiger charge is -2.18. The van der Waals surface area contributed by atoms with Gasteiger partial charge in [-0.3, -0.25) is 9.79 Å². The first-order valence-electron chi connectivity index (χ1n) is 9.02. The average molecular weight is 372 g/mol. The molecule has 0 saturated carbocycles. The van der Waals surface area contributed by atoms with Crippen molar-refractivity contribution in [2.45, 2.75) is 46.4 Å². The first-order valence-corrected chi connectivity index (χ1v) is 9.02. The van der Waals surface area contributed by atoms with Crippen molar-refractivity contribution in [3.63, 3.8) is 0 Å². The van der Waals surface area contributed by atoms with Crippen LogP contribution in [0.1, 0.15) is 47.7 Å². The molecule has 7 nitrogen and oxygen atoms in total. The second-order valence-corrected chi connectivity index (χ2v) is 6.36. The lowest BCUT2D eigenvalue weighted by Crippen LogP contribution is -2.36. The van der Waals surface area contributed by atoms with E-state index in [1.807, 2.05) is 13.0 Å². The zero-order valence-corrected chi connectivity index (χ0v) is 16.3. The zero-order valence-electron chi connectivity index (χ0n) is 16.3. The molecule has 0 aliphatic carbocycles. The standard InChI is InChI=1S/C20H28N4O3/c1-5-14(3)26-18-10-13(2)6-7-15(18)11-23-20(22-4)24-12-16-8-9-17(27-16)19(21)25/h6-10,14H,5,11-12H2,1-4H3,(H2,21,25)(H2,22,23,24). The summed E-state index contributed by atoms with van der Waals surface area (Å²) in [7, 11) is 1.69. The van der Waals surface area contributed by atoms with Crippen molar-refractivity contribution < 1.29 is 13.9 Å². The third-order valence-corrected chi connectivity index (χ3v) is 4.13. The number of guanidine groups is 1. The molecule has 2 aromatic rings. The fourth-order valence-electron chi connectivity index (χ4n) is 2.39. The highest BCUT2D eigenvalue weighted by Crippen LogP contribution is 2.22. The molecule has 1 heterocycles. The summed E-state index contributed by atoms with van der Waals surface area (Å²) in [4.78, 5) is 15.3. The van der Waals surface area contributed by atoms with Gasteiger partial charge in [-0.2, -0.15) is 0 Å². The van der Waals surface area contributed by atoms with E-state index in [0.717, 1.165) is 23.3 Å². The van der Waals surface area contributed by atoms with Crippen LogP contribution in [0.2, 0.25) is 0 Å². The monoisotopic (exact) mass is 372 g/mol. The van der Waals surface area contributed by atoms with Gasteiger partial charge < -0.3 is 25.5 Å². The van der Waals surface area contributed by atoms with E-state index < -0.39 is 5.91 Å². The quantitative estimate of drug-likeness (QED) is 0.488. The Hall–Kier alpha value is -2.96. The van der Waals surface area contributed by atoms with Crippen molar-refractivity contribution in [1.29, 1.82) is 0 Å². The lowest BCUT2D eigenvalue weighted by molar-refractivity contribution is 0.0972. The number of hydrogen-bond donors (Lipinski definition) is 3. The topological polar surface area (TPSA) is 102 Å². The number of carbonyl (C=O) groups is 1. The van der Waals surface area contributed by atoms with Crippen LogP contribution in [0.4, 0.5) is 0 Å². The Morgan fingerprint density at radius 2 is 2.00 bits per heavy atom. The van der Waals surface area contributed by atoms with Gasteiger partial charge in [0.25, 0.3) is 5.91 Å². The Kier molecular flexibility index (Phi) is 7.28. The van der Waals surface area contributed by atoms with Crippen molar-refractivity contribution in [3.8, 4) is 5.75 Å². The second kappa shape index (κ2) is 9.66.